The van der Waals surface area contributed by atoms with Gasteiger partial charge in [-0.1, -0.05) is 49.1 Å². The molecule has 0 fully saturated rings. The van der Waals surface area contributed by atoms with Crippen molar-refractivity contribution in [2.75, 3.05) is 11.9 Å². The van der Waals surface area contributed by atoms with E-state index in [1.807, 2.05) is 30.3 Å². The molecule has 3 heteroatoms. The molecular formula is C18H17N3. The molecule has 0 amide bonds. The summed E-state index contributed by atoms with van der Waals surface area (Å²) in [5.41, 5.74) is 3.41. The van der Waals surface area contributed by atoms with E-state index in [9.17, 15) is 0 Å². The van der Waals surface area contributed by atoms with Crippen molar-refractivity contribution < 1.29 is 0 Å². The van der Waals surface area contributed by atoms with E-state index in [0.29, 0.717) is 0 Å². The molecule has 0 aliphatic rings. The number of fused-ring (bicyclic) bond motifs is 1. The van der Waals surface area contributed by atoms with Gasteiger partial charge in [0.2, 0.25) is 0 Å². The second-order valence-electron chi connectivity index (χ2n) is 4.86. The summed E-state index contributed by atoms with van der Waals surface area (Å²) >= 11 is 0. The Kier molecular flexibility index (Phi) is 3.92. The van der Waals surface area contributed by atoms with Crippen LogP contribution in [-0.4, -0.2) is 16.5 Å². The van der Waals surface area contributed by atoms with Gasteiger partial charge in [0.1, 0.15) is 12.1 Å². The minimum atomic E-state index is 0.842. The molecule has 21 heavy (non-hydrogen) atoms. The fraction of sp³-hybridized carbons (Fsp3) is 0.111. The minimum Gasteiger partial charge on any atom is -0.369 e. The zero-order valence-electron chi connectivity index (χ0n) is 11.8. The van der Waals surface area contributed by atoms with E-state index in [4.69, 9.17) is 0 Å². The number of benzene rings is 2. The van der Waals surface area contributed by atoms with Gasteiger partial charge in [-0.3, -0.25) is 0 Å². The van der Waals surface area contributed by atoms with Gasteiger partial charge in [0, 0.05) is 11.9 Å². The maximum absolute atomic E-state index is 4.33. The Morgan fingerprint density at radius 2 is 1.81 bits per heavy atom. The summed E-state index contributed by atoms with van der Waals surface area (Å²) in [6.07, 6.45) is 4.41. The summed E-state index contributed by atoms with van der Waals surface area (Å²) in [7, 11) is 0. The minimum absolute atomic E-state index is 0.842. The van der Waals surface area contributed by atoms with Crippen LogP contribution in [0.1, 0.15) is 11.1 Å². The fourth-order valence-corrected chi connectivity index (χ4v) is 2.29. The van der Waals surface area contributed by atoms with Crippen LogP contribution in [0.3, 0.4) is 0 Å². The van der Waals surface area contributed by atoms with Gasteiger partial charge in [-0.2, -0.15) is 0 Å². The van der Waals surface area contributed by atoms with Gasteiger partial charge in [0.25, 0.3) is 0 Å². The quantitative estimate of drug-likeness (QED) is 0.766. The number of hydrogen-bond donors (Lipinski definition) is 1. The standard InChI is InChI=1S/C18H17N3/c1-2-14-7-9-15(10-8-14)11-12-19-18-16-5-3-4-6-17(16)20-13-21-18/h2-10,13H,1,11-12H2,(H,19,20,21). The second kappa shape index (κ2) is 6.18. The van der Waals surface area contributed by atoms with Crippen molar-refractivity contribution >= 4 is 22.8 Å². The van der Waals surface area contributed by atoms with Crippen molar-refractivity contribution in [3.8, 4) is 0 Å². The molecule has 0 radical (unpaired) electrons. The lowest BCUT2D eigenvalue weighted by Crippen LogP contribution is -2.07. The molecule has 0 atom stereocenters. The Balaban J connectivity index is 1.67. The molecule has 0 unspecified atom stereocenters. The lowest BCUT2D eigenvalue weighted by Gasteiger charge is -2.08. The summed E-state index contributed by atoms with van der Waals surface area (Å²) in [6, 6.07) is 16.5. The van der Waals surface area contributed by atoms with E-state index in [0.717, 1.165) is 35.2 Å². The summed E-state index contributed by atoms with van der Waals surface area (Å²) < 4.78 is 0. The Hall–Kier alpha value is -2.68. The van der Waals surface area contributed by atoms with Crippen molar-refractivity contribution in [1.29, 1.82) is 0 Å². The molecule has 0 saturated carbocycles. The van der Waals surface area contributed by atoms with Crippen LogP contribution < -0.4 is 5.32 Å². The molecule has 3 rings (SSSR count). The molecule has 0 aliphatic carbocycles. The lowest BCUT2D eigenvalue weighted by molar-refractivity contribution is 1.01. The molecule has 1 N–H and O–H groups in total. The van der Waals surface area contributed by atoms with Crippen LogP contribution in [0.4, 0.5) is 5.82 Å². The monoisotopic (exact) mass is 275 g/mol. The van der Waals surface area contributed by atoms with Crippen molar-refractivity contribution in [3.63, 3.8) is 0 Å². The van der Waals surface area contributed by atoms with Crippen molar-refractivity contribution in [2.45, 2.75) is 6.42 Å². The smallest absolute Gasteiger partial charge is 0.137 e. The molecule has 0 aliphatic heterocycles. The first-order valence-corrected chi connectivity index (χ1v) is 7.02. The van der Waals surface area contributed by atoms with Crippen LogP contribution in [0.2, 0.25) is 0 Å². The largest absolute Gasteiger partial charge is 0.369 e. The third-order valence-corrected chi connectivity index (χ3v) is 3.46. The van der Waals surface area contributed by atoms with Crippen LogP contribution in [0.15, 0.2) is 61.4 Å². The Morgan fingerprint density at radius 1 is 1.00 bits per heavy atom. The Labute approximate surface area is 124 Å². The summed E-state index contributed by atoms with van der Waals surface area (Å²) in [6.45, 7) is 4.61. The van der Waals surface area contributed by atoms with Gasteiger partial charge in [-0.25, -0.2) is 9.97 Å². The molecule has 1 heterocycles. The summed E-state index contributed by atoms with van der Waals surface area (Å²) in [4.78, 5) is 8.60. The van der Waals surface area contributed by atoms with Gasteiger partial charge >= 0.3 is 0 Å². The molecule has 0 spiro atoms. The zero-order valence-corrected chi connectivity index (χ0v) is 11.8. The van der Waals surface area contributed by atoms with Crippen molar-refractivity contribution in [3.05, 3.63) is 72.6 Å². The van der Waals surface area contributed by atoms with Crippen molar-refractivity contribution in [1.82, 2.24) is 9.97 Å². The van der Waals surface area contributed by atoms with Crippen LogP contribution in [0, 0.1) is 0 Å². The summed E-state index contributed by atoms with van der Waals surface area (Å²) in [5.74, 6) is 0.892. The highest BCUT2D eigenvalue weighted by atomic mass is 15.0. The molecule has 104 valence electrons. The second-order valence-corrected chi connectivity index (χ2v) is 4.86. The highest BCUT2D eigenvalue weighted by Gasteiger charge is 2.02. The van der Waals surface area contributed by atoms with E-state index in [1.54, 1.807) is 6.33 Å². The number of nitrogens with zero attached hydrogens (tertiary/aromatic N) is 2. The van der Waals surface area contributed by atoms with Gasteiger partial charge in [0.15, 0.2) is 0 Å². The predicted octanol–water partition coefficient (Wildman–Crippen LogP) is 3.93. The normalized spacial score (nSPS) is 10.5. The van der Waals surface area contributed by atoms with E-state index in [2.05, 4.69) is 46.1 Å². The summed E-state index contributed by atoms with van der Waals surface area (Å²) in [5, 5.41) is 4.45. The van der Waals surface area contributed by atoms with E-state index in [1.165, 1.54) is 5.56 Å². The zero-order chi connectivity index (χ0) is 14.5. The molecule has 0 saturated heterocycles. The van der Waals surface area contributed by atoms with Crippen molar-refractivity contribution in [2.24, 2.45) is 0 Å². The first-order chi connectivity index (χ1) is 10.4. The number of aromatic nitrogens is 2. The Bertz CT molecular complexity index is 743. The van der Waals surface area contributed by atoms with E-state index >= 15 is 0 Å². The first-order valence-electron chi connectivity index (χ1n) is 7.02. The number of nitrogens with one attached hydrogen (secondary N) is 1. The molecule has 3 nitrogen and oxygen atoms in total. The number of hydrogen-bond acceptors (Lipinski definition) is 3. The first kappa shape index (κ1) is 13.3. The third kappa shape index (κ3) is 3.08. The van der Waals surface area contributed by atoms with Crippen LogP contribution >= 0.6 is 0 Å². The Morgan fingerprint density at radius 3 is 2.62 bits per heavy atom. The number of anilines is 1. The molecular weight excluding hydrogens is 258 g/mol. The highest BCUT2D eigenvalue weighted by molar-refractivity contribution is 5.88. The third-order valence-electron chi connectivity index (χ3n) is 3.46. The lowest BCUT2D eigenvalue weighted by atomic mass is 10.1. The highest BCUT2D eigenvalue weighted by Crippen LogP contribution is 2.18. The molecule has 3 aromatic rings. The number of rotatable bonds is 5. The SMILES string of the molecule is C=Cc1ccc(CCNc2ncnc3ccccc23)cc1. The van der Waals surface area contributed by atoms with Crippen LogP contribution in [-0.2, 0) is 6.42 Å². The fourth-order valence-electron chi connectivity index (χ4n) is 2.29. The maximum Gasteiger partial charge on any atom is 0.137 e. The molecule has 2 aromatic carbocycles. The molecule has 1 aromatic heterocycles. The average molecular weight is 275 g/mol. The van der Waals surface area contributed by atoms with Gasteiger partial charge < -0.3 is 5.32 Å². The number of para-hydroxylation sites is 1. The van der Waals surface area contributed by atoms with Gasteiger partial charge in [0.05, 0.1) is 5.52 Å². The predicted molar refractivity (Wildman–Crippen MR) is 88.3 cm³/mol. The average Bonchev–Trinajstić information content (AvgIpc) is 2.56. The molecule has 0 bridgehead atoms. The van der Waals surface area contributed by atoms with Crippen LogP contribution in [0.25, 0.3) is 17.0 Å². The maximum atomic E-state index is 4.33. The van der Waals surface area contributed by atoms with E-state index < -0.39 is 0 Å². The van der Waals surface area contributed by atoms with Crippen LogP contribution in [0.5, 0.6) is 0 Å². The van der Waals surface area contributed by atoms with E-state index in [-0.39, 0.29) is 0 Å². The van der Waals surface area contributed by atoms with Gasteiger partial charge in [-0.15, -0.1) is 0 Å². The topological polar surface area (TPSA) is 37.8 Å². The van der Waals surface area contributed by atoms with Gasteiger partial charge in [-0.05, 0) is 29.7 Å².